The molecular formula is C15H19N3O. The Morgan fingerprint density at radius 2 is 1.95 bits per heavy atom. The van der Waals surface area contributed by atoms with Crippen molar-refractivity contribution in [3.63, 3.8) is 0 Å². The number of amidine groups is 1. The molecule has 0 fully saturated rings. The van der Waals surface area contributed by atoms with Crippen molar-refractivity contribution in [1.29, 1.82) is 0 Å². The van der Waals surface area contributed by atoms with E-state index in [4.69, 9.17) is 10.2 Å². The summed E-state index contributed by atoms with van der Waals surface area (Å²) in [4.78, 5) is 6.44. The topological polar surface area (TPSA) is 54.8 Å². The van der Waals surface area contributed by atoms with Crippen molar-refractivity contribution in [2.24, 2.45) is 10.7 Å². The smallest absolute Gasteiger partial charge is 0.133 e. The van der Waals surface area contributed by atoms with E-state index in [0.29, 0.717) is 12.4 Å². The Kier molecular flexibility index (Phi) is 4.36. The van der Waals surface area contributed by atoms with E-state index >= 15 is 0 Å². The number of hydrogen-bond acceptors (Lipinski definition) is 3. The van der Waals surface area contributed by atoms with Crippen LogP contribution in [0.4, 0.5) is 0 Å². The van der Waals surface area contributed by atoms with E-state index < -0.39 is 0 Å². The second-order valence-corrected chi connectivity index (χ2v) is 4.62. The molecule has 0 aliphatic carbocycles. The van der Waals surface area contributed by atoms with E-state index in [9.17, 15) is 0 Å². The van der Waals surface area contributed by atoms with Gasteiger partial charge < -0.3 is 15.1 Å². The van der Waals surface area contributed by atoms with Gasteiger partial charge in [-0.15, -0.1) is 0 Å². The highest BCUT2D eigenvalue weighted by molar-refractivity contribution is 5.97. The lowest BCUT2D eigenvalue weighted by Crippen LogP contribution is -2.19. The van der Waals surface area contributed by atoms with Gasteiger partial charge in [-0.05, 0) is 26.2 Å². The highest BCUT2D eigenvalue weighted by atomic mass is 16.3. The summed E-state index contributed by atoms with van der Waals surface area (Å²) >= 11 is 0. The Morgan fingerprint density at radius 3 is 2.53 bits per heavy atom. The average molecular weight is 257 g/mol. The van der Waals surface area contributed by atoms with E-state index in [1.165, 1.54) is 0 Å². The number of benzene rings is 1. The van der Waals surface area contributed by atoms with Crippen LogP contribution in [0.15, 0.2) is 52.1 Å². The first-order valence-corrected chi connectivity index (χ1v) is 6.26. The van der Waals surface area contributed by atoms with Gasteiger partial charge in [-0.25, -0.2) is 0 Å². The number of aliphatic imine (C=N–C) groups is 1. The number of hydrogen-bond donors (Lipinski definition) is 1. The molecule has 0 radical (unpaired) electrons. The molecule has 0 bridgehead atoms. The van der Waals surface area contributed by atoms with Crippen molar-refractivity contribution in [1.82, 2.24) is 4.90 Å². The molecule has 0 saturated carbocycles. The van der Waals surface area contributed by atoms with Crippen LogP contribution in [-0.2, 0) is 0 Å². The minimum atomic E-state index is 0.577. The van der Waals surface area contributed by atoms with Crippen LogP contribution in [0.5, 0.6) is 0 Å². The summed E-state index contributed by atoms with van der Waals surface area (Å²) in [6.45, 7) is 1.60. The van der Waals surface area contributed by atoms with Gasteiger partial charge in [0.15, 0.2) is 0 Å². The van der Waals surface area contributed by atoms with Crippen molar-refractivity contribution in [3.05, 3.63) is 48.2 Å². The van der Waals surface area contributed by atoms with E-state index in [1.807, 2.05) is 50.5 Å². The molecule has 19 heavy (non-hydrogen) atoms. The monoisotopic (exact) mass is 257 g/mol. The normalized spacial score (nSPS) is 12.1. The molecule has 0 amide bonds. The summed E-state index contributed by atoms with van der Waals surface area (Å²) in [6, 6.07) is 11.7. The molecule has 4 nitrogen and oxygen atoms in total. The van der Waals surface area contributed by atoms with Gasteiger partial charge in [-0.1, -0.05) is 24.3 Å². The van der Waals surface area contributed by atoms with E-state index in [-0.39, 0.29) is 0 Å². The molecule has 2 aromatic rings. The van der Waals surface area contributed by atoms with Crippen LogP contribution in [0.2, 0.25) is 0 Å². The lowest BCUT2D eigenvalue weighted by Gasteiger charge is -2.07. The molecular weight excluding hydrogens is 238 g/mol. The molecule has 0 unspecified atom stereocenters. The van der Waals surface area contributed by atoms with Gasteiger partial charge in [-0.2, -0.15) is 0 Å². The zero-order valence-corrected chi connectivity index (χ0v) is 11.3. The van der Waals surface area contributed by atoms with Gasteiger partial charge in [0.2, 0.25) is 0 Å². The molecule has 0 atom stereocenters. The summed E-state index contributed by atoms with van der Waals surface area (Å²) in [6.07, 6.45) is 1.67. The van der Waals surface area contributed by atoms with Crippen molar-refractivity contribution in [2.45, 2.75) is 0 Å². The second-order valence-electron chi connectivity index (χ2n) is 4.62. The van der Waals surface area contributed by atoms with Crippen LogP contribution >= 0.6 is 0 Å². The third kappa shape index (κ3) is 3.69. The van der Waals surface area contributed by atoms with Gasteiger partial charge in [0, 0.05) is 17.7 Å². The third-order valence-electron chi connectivity index (χ3n) is 2.82. The number of likely N-dealkylation sites (N-methyl/N-ethyl adjacent to an activating group) is 1. The van der Waals surface area contributed by atoms with Gasteiger partial charge in [0.25, 0.3) is 0 Å². The van der Waals surface area contributed by atoms with E-state index in [1.54, 1.807) is 6.26 Å². The molecule has 0 aliphatic heterocycles. The fraction of sp³-hybridized carbons (Fsp3) is 0.267. The summed E-state index contributed by atoms with van der Waals surface area (Å²) in [5.74, 6) is 1.43. The molecule has 1 aromatic heterocycles. The molecule has 1 heterocycles. The average Bonchev–Trinajstić information content (AvgIpc) is 2.92. The first kappa shape index (κ1) is 13.4. The zero-order valence-electron chi connectivity index (χ0n) is 11.3. The van der Waals surface area contributed by atoms with Crippen LogP contribution in [0, 0.1) is 0 Å². The predicted octanol–water partition coefficient (Wildman–Crippen LogP) is 2.21. The van der Waals surface area contributed by atoms with Crippen molar-refractivity contribution >= 4 is 5.84 Å². The summed E-state index contributed by atoms with van der Waals surface area (Å²) in [7, 11) is 4.04. The summed E-state index contributed by atoms with van der Waals surface area (Å²) in [5, 5.41) is 0. The highest BCUT2D eigenvalue weighted by Gasteiger charge is 2.02. The Labute approximate surface area is 113 Å². The second kappa shape index (κ2) is 6.20. The zero-order chi connectivity index (χ0) is 13.7. The van der Waals surface area contributed by atoms with Gasteiger partial charge in [0.1, 0.15) is 11.6 Å². The van der Waals surface area contributed by atoms with Crippen molar-refractivity contribution in [3.8, 4) is 11.3 Å². The molecule has 4 heteroatoms. The molecule has 1 aromatic carbocycles. The van der Waals surface area contributed by atoms with Crippen LogP contribution in [0.25, 0.3) is 11.3 Å². The number of nitrogens with zero attached hydrogens (tertiary/aromatic N) is 2. The standard InChI is InChI=1S/C15H19N3O/c1-18(2)10-9-17-15(16)13-7-5-12(6-8-13)14-4-3-11-19-14/h3-8,11H,9-10H2,1-2H3,(H2,16,17). The molecule has 2 N–H and O–H groups in total. The lowest BCUT2D eigenvalue weighted by molar-refractivity contribution is 0.420. The Balaban J connectivity index is 2.05. The Morgan fingerprint density at radius 1 is 1.21 bits per heavy atom. The lowest BCUT2D eigenvalue weighted by atomic mass is 10.1. The van der Waals surface area contributed by atoms with Crippen LogP contribution in [-0.4, -0.2) is 37.9 Å². The third-order valence-corrected chi connectivity index (χ3v) is 2.82. The number of rotatable bonds is 5. The SMILES string of the molecule is CN(C)CCN=C(N)c1ccc(-c2ccco2)cc1. The number of nitrogens with two attached hydrogens (primary N) is 1. The van der Waals surface area contributed by atoms with Gasteiger partial charge in [0.05, 0.1) is 12.8 Å². The predicted molar refractivity (Wildman–Crippen MR) is 78.3 cm³/mol. The molecule has 0 saturated heterocycles. The first-order chi connectivity index (χ1) is 9.16. The van der Waals surface area contributed by atoms with Crippen molar-refractivity contribution < 1.29 is 4.42 Å². The molecule has 100 valence electrons. The maximum absolute atomic E-state index is 5.96. The largest absolute Gasteiger partial charge is 0.464 e. The quantitative estimate of drug-likeness (QED) is 0.660. The van der Waals surface area contributed by atoms with E-state index in [2.05, 4.69) is 9.89 Å². The minimum absolute atomic E-state index is 0.577. The maximum atomic E-state index is 5.96. The maximum Gasteiger partial charge on any atom is 0.133 e. The van der Waals surface area contributed by atoms with E-state index in [0.717, 1.165) is 23.4 Å². The molecule has 0 aliphatic rings. The summed E-state index contributed by atoms with van der Waals surface area (Å²) < 4.78 is 5.34. The van der Waals surface area contributed by atoms with Crippen LogP contribution < -0.4 is 5.73 Å². The first-order valence-electron chi connectivity index (χ1n) is 6.26. The Hall–Kier alpha value is -2.07. The van der Waals surface area contributed by atoms with Gasteiger partial charge >= 0.3 is 0 Å². The summed E-state index contributed by atoms with van der Waals surface area (Å²) in [5.41, 5.74) is 7.93. The highest BCUT2D eigenvalue weighted by Crippen LogP contribution is 2.19. The van der Waals surface area contributed by atoms with Crippen LogP contribution in [0.1, 0.15) is 5.56 Å². The fourth-order valence-corrected chi connectivity index (χ4v) is 1.71. The molecule has 2 rings (SSSR count). The van der Waals surface area contributed by atoms with Gasteiger partial charge in [-0.3, -0.25) is 4.99 Å². The molecule has 0 spiro atoms. The Bertz CT molecular complexity index is 527. The fourth-order valence-electron chi connectivity index (χ4n) is 1.71. The number of furan rings is 1. The van der Waals surface area contributed by atoms with Crippen LogP contribution in [0.3, 0.4) is 0 Å². The van der Waals surface area contributed by atoms with Crippen molar-refractivity contribution in [2.75, 3.05) is 27.2 Å². The minimum Gasteiger partial charge on any atom is -0.464 e.